The number of rotatable bonds is 6. The van der Waals surface area contributed by atoms with E-state index in [0.29, 0.717) is 18.0 Å². The van der Waals surface area contributed by atoms with Gasteiger partial charge in [-0.25, -0.2) is 13.1 Å². The topological polar surface area (TPSA) is 75.4 Å². The zero-order valence-corrected chi connectivity index (χ0v) is 15.8. The van der Waals surface area contributed by atoms with Crippen LogP contribution in [0.2, 0.25) is 0 Å². The molecule has 1 N–H and O–H groups in total. The summed E-state index contributed by atoms with van der Waals surface area (Å²) in [5, 5.41) is 3.75. The highest BCUT2D eigenvalue weighted by Crippen LogP contribution is 2.26. The summed E-state index contributed by atoms with van der Waals surface area (Å²) in [4.78, 5) is 2.50. The van der Waals surface area contributed by atoms with E-state index in [1.165, 1.54) is 5.56 Å². The third-order valence-electron chi connectivity index (χ3n) is 4.75. The molecule has 1 saturated heterocycles. The minimum Gasteiger partial charge on any atom is -0.360 e. The van der Waals surface area contributed by atoms with Gasteiger partial charge in [0.25, 0.3) is 0 Å². The number of nitrogens with zero attached hydrogens (tertiary/aromatic N) is 2. The molecule has 0 radical (unpaired) electrons. The van der Waals surface area contributed by atoms with Crippen LogP contribution in [0.4, 0.5) is 0 Å². The number of nitrogens with one attached hydrogen (secondary N) is 1. The molecule has 1 aliphatic rings. The molecule has 1 aliphatic heterocycles. The van der Waals surface area contributed by atoms with E-state index in [1.807, 2.05) is 0 Å². The Morgan fingerprint density at radius 2 is 1.80 bits per heavy atom. The maximum atomic E-state index is 12.7. The van der Waals surface area contributed by atoms with Gasteiger partial charge in [-0.2, -0.15) is 0 Å². The average Bonchev–Trinajstić information content (AvgIpc) is 3.19. The van der Waals surface area contributed by atoms with E-state index in [9.17, 15) is 8.42 Å². The predicted molar refractivity (Wildman–Crippen MR) is 95.9 cm³/mol. The highest BCUT2D eigenvalue weighted by molar-refractivity contribution is 7.89. The van der Waals surface area contributed by atoms with E-state index in [1.54, 1.807) is 13.8 Å². The Bertz CT molecular complexity index is 802. The highest BCUT2D eigenvalue weighted by atomic mass is 32.2. The van der Waals surface area contributed by atoms with Crippen LogP contribution in [0, 0.1) is 20.8 Å². The van der Waals surface area contributed by atoms with Crippen LogP contribution in [0.3, 0.4) is 0 Å². The Kier molecular flexibility index (Phi) is 5.27. The molecular weight excluding hydrogens is 338 g/mol. The lowest BCUT2D eigenvalue weighted by Crippen LogP contribution is -2.37. The van der Waals surface area contributed by atoms with Crippen LogP contribution in [-0.4, -0.2) is 38.1 Å². The lowest BCUT2D eigenvalue weighted by molar-refractivity contribution is 0.246. The van der Waals surface area contributed by atoms with Gasteiger partial charge in [0.1, 0.15) is 10.6 Å². The quantitative estimate of drug-likeness (QED) is 0.854. The average molecular weight is 363 g/mol. The molecule has 0 amide bonds. The Balaban J connectivity index is 1.82. The summed E-state index contributed by atoms with van der Waals surface area (Å²) >= 11 is 0. The number of likely N-dealkylation sites (tertiary alicyclic amines) is 1. The first-order chi connectivity index (χ1) is 11.9. The molecule has 0 saturated carbocycles. The Morgan fingerprint density at radius 3 is 2.36 bits per heavy atom. The van der Waals surface area contributed by atoms with Crippen LogP contribution < -0.4 is 4.72 Å². The molecule has 0 aliphatic carbocycles. The summed E-state index contributed by atoms with van der Waals surface area (Å²) in [6.45, 7) is 7.62. The molecule has 1 aromatic carbocycles. The zero-order chi connectivity index (χ0) is 18.0. The summed E-state index contributed by atoms with van der Waals surface area (Å²) < 4.78 is 33.2. The lowest BCUT2D eigenvalue weighted by Gasteiger charge is -2.28. The molecule has 2 aromatic rings. The fraction of sp³-hybridized carbons (Fsp3) is 0.500. The fourth-order valence-electron chi connectivity index (χ4n) is 3.42. The molecular formula is C18H25N3O3S. The standard InChI is InChI=1S/C18H25N3O3S/c1-13-6-8-16(9-7-13)17(21-10-4-5-11-21)12-19-25(22,23)18-14(2)20-24-15(18)3/h6-9,17,19H,4-5,10-12H2,1-3H3. The maximum Gasteiger partial charge on any atom is 0.246 e. The number of aromatic nitrogens is 1. The summed E-state index contributed by atoms with van der Waals surface area (Å²) in [5.41, 5.74) is 2.72. The van der Waals surface area contributed by atoms with E-state index in [-0.39, 0.29) is 10.9 Å². The molecule has 6 nitrogen and oxygen atoms in total. The molecule has 136 valence electrons. The van der Waals surface area contributed by atoms with Crippen molar-refractivity contribution >= 4 is 10.0 Å². The molecule has 3 rings (SSSR count). The Hall–Kier alpha value is -1.70. The minimum atomic E-state index is -3.65. The Morgan fingerprint density at radius 1 is 1.16 bits per heavy atom. The second kappa shape index (κ2) is 7.27. The van der Waals surface area contributed by atoms with Gasteiger partial charge in [-0.1, -0.05) is 35.0 Å². The van der Waals surface area contributed by atoms with Crippen LogP contribution in [-0.2, 0) is 10.0 Å². The molecule has 1 fully saturated rings. The number of benzene rings is 1. The van der Waals surface area contributed by atoms with Crippen LogP contribution in [0.5, 0.6) is 0 Å². The zero-order valence-electron chi connectivity index (χ0n) is 14.9. The van der Waals surface area contributed by atoms with Crippen molar-refractivity contribution in [1.29, 1.82) is 0 Å². The molecule has 0 spiro atoms. The smallest absolute Gasteiger partial charge is 0.246 e. The number of sulfonamides is 1. The minimum absolute atomic E-state index is 0.0262. The molecule has 7 heteroatoms. The number of hydrogen-bond donors (Lipinski definition) is 1. The molecule has 0 bridgehead atoms. The normalized spacial score (nSPS) is 17.1. The summed E-state index contributed by atoms with van der Waals surface area (Å²) in [6.07, 6.45) is 2.30. The van der Waals surface area contributed by atoms with Gasteiger partial charge < -0.3 is 4.52 Å². The van der Waals surface area contributed by atoms with Crippen LogP contribution in [0.15, 0.2) is 33.7 Å². The van der Waals surface area contributed by atoms with Gasteiger partial charge in [0.15, 0.2) is 5.76 Å². The van der Waals surface area contributed by atoms with E-state index < -0.39 is 10.0 Å². The summed E-state index contributed by atoms with van der Waals surface area (Å²) in [5.74, 6) is 0.318. The lowest BCUT2D eigenvalue weighted by atomic mass is 10.0. The van der Waals surface area contributed by atoms with Gasteiger partial charge in [-0.15, -0.1) is 0 Å². The van der Waals surface area contributed by atoms with Crippen LogP contribution >= 0.6 is 0 Å². The predicted octanol–water partition coefficient (Wildman–Crippen LogP) is 2.72. The van der Waals surface area contributed by atoms with E-state index in [0.717, 1.165) is 31.5 Å². The van der Waals surface area contributed by atoms with Gasteiger partial charge in [-0.05, 0) is 52.3 Å². The van der Waals surface area contributed by atoms with Gasteiger partial charge >= 0.3 is 0 Å². The van der Waals surface area contributed by atoms with Crippen LogP contribution in [0.25, 0.3) is 0 Å². The summed E-state index contributed by atoms with van der Waals surface area (Å²) in [6, 6.07) is 8.34. The third-order valence-corrected chi connectivity index (χ3v) is 6.41. The molecule has 2 heterocycles. The molecule has 1 unspecified atom stereocenters. The summed E-state index contributed by atoms with van der Waals surface area (Å²) in [7, 11) is -3.65. The van der Waals surface area contributed by atoms with Crippen molar-refractivity contribution in [1.82, 2.24) is 14.8 Å². The van der Waals surface area contributed by atoms with Crippen molar-refractivity contribution in [3.63, 3.8) is 0 Å². The van der Waals surface area contributed by atoms with Crippen molar-refractivity contribution in [3.8, 4) is 0 Å². The molecule has 25 heavy (non-hydrogen) atoms. The first kappa shape index (κ1) is 18.1. The van der Waals surface area contributed by atoms with Crippen molar-refractivity contribution in [2.45, 2.75) is 44.6 Å². The third kappa shape index (κ3) is 3.94. The van der Waals surface area contributed by atoms with Gasteiger partial charge in [0, 0.05) is 12.6 Å². The SMILES string of the molecule is Cc1ccc(C(CNS(=O)(=O)c2c(C)noc2C)N2CCCC2)cc1. The number of hydrogen-bond acceptors (Lipinski definition) is 5. The number of aryl methyl sites for hydroxylation is 3. The first-order valence-corrected chi connectivity index (χ1v) is 10.1. The molecule has 1 atom stereocenters. The van der Waals surface area contributed by atoms with Gasteiger partial charge in [0.2, 0.25) is 10.0 Å². The Labute approximate surface area is 149 Å². The van der Waals surface area contributed by atoms with Crippen molar-refractivity contribution in [3.05, 3.63) is 46.8 Å². The maximum absolute atomic E-state index is 12.7. The highest BCUT2D eigenvalue weighted by Gasteiger charge is 2.28. The molecule has 1 aromatic heterocycles. The second-order valence-electron chi connectivity index (χ2n) is 6.67. The van der Waals surface area contributed by atoms with Gasteiger partial charge in [-0.3, -0.25) is 4.90 Å². The van der Waals surface area contributed by atoms with Crippen molar-refractivity contribution in [2.24, 2.45) is 0 Å². The van der Waals surface area contributed by atoms with Crippen molar-refractivity contribution in [2.75, 3.05) is 19.6 Å². The second-order valence-corrected chi connectivity index (χ2v) is 8.38. The largest absolute Gasteiger partial charge is 0.360 e. The van der Waals surface area contributed by atoms with E-state index >= 15 is 0 Å². The fourth-order valence-corrected chi connectivity index (χ4v) is 4.78. The first-order valence-electron chi connectivity index (χ1n) is 8.61. The van der Waals surface area contributed by atoms with E-state index in [2.05, 4.69) is 46.0 Å². The van der Waals surface area contributed by atoms with Crippen LogP contribution in [0.1, 0.15) is 41.5 Å². The monoisotopic (exact) mass is 363 g/mol. The van der Waals surface area contributed by atoms with Gasteiger partial charge in [0.05, 0.1) is 0 Å². The van der Waals surface area contributed by atoms with Crippen molar-refractivity contribution < 1.29 is 12.9 Å². The van der Waals surface area contributed by atoms with E-state index in [4.69, 9.17) is 4.52 Å².